The quantitative estimate of drug-likeness (QED) is 0.851. The molecule has 5 heteroatoms. The number of carbonyl (C=O) groups is 1. The van der Waals surface area contributed by atoms with Crippen LogP contribution in [0.4, 0.5) is 10.1 Å². The van der Waals surface area contributed by atoms with Gasteiger partial charge in [-0.25, -0.2) is 4.39 Å². The van der Waals surface area contributed by atoms with Crippen LogP contribution in [-0.2, 0) is 4.79 Å². The maximum atomic E-state index is 13.4. The van der Waals surface area contributed by atoms with Gasteiger partial charge in [0, 0.05) is 31.8 Å². The molecule has 0 aliphatic carbocycles. The predicted octanol–water partition coefficient (Wildman–Crippen LogP) is 1.57. The number of benzene rings is 1. The van der Waals surface area contributed by atoms with E-state index in [9.17, 15) is 9.18 Å². The maximum Gasteiger partial charge on any atom is 0.226 e. The van der Waals surface area contributed by atoms with Gasteiger partial charge >= 0.3 is 0 Å². The second-order valence-corrected chi connectivity index (χ2v) is 3.60. The van der Waals surface area contributed by atoms with Gasteiger partial charge in [0.2, 0.25) is 5.91 Å². The highest BCUT2D eigenvalue weighted by Crippen LogP contribution is 2.23. The molecular formula is C12H16FNO3. The Morgan fingerprint density at radius 3 is 2.76 bits per heavy atom. The Morgan fingerprint density at radius 1 is 1.53 bits per heavy atom. The molecule has 1 amide bonds. The number of halogens is 1. The van der Waals surface area contributed by atoms with E-state index in [1.165, 1.54) is 24.1 Å². The van der Waals surface area contributed by atoms with Crippen LogP contribution >= 0.6 is 0 Å². The molecule has 0 unspecified atom stereocenters. The third-order valence-corrected chi connectivity index (χ3v) is 2.45. The number of aliphatic hydroxyl groups excluding tert-OH is 1. The Kier molecular flexibility index (Phi) is 4.90. The fourth-order valence-electron chi connectivity index (χ4n) is 1.41. The number of methoxy groups -OCH3 is 1. The first-order valence-electron chi connectivity index (χ1n) is 5.31. The van der Waals surface area contributed by atoms with E-state index in [-0.39, 0.29) is 24.7 Å². The normalized spacial score (nSPS) is 10.1. The van der Waals surface area contributed by atoms with Crippen molar-refractivity contribution in [3.8, 4) is 5.75 Å². The van der Waals surface area contributed by atoms with Crippen LogP contribution in [0.3, 0.4) is 0 Å². The molecule has 94 valence electrons. The summed E-state index contributed by atoms with van der Waals surface area (Å²) in [5.74, 6) is -0.527. The molecule has 17 heavy (non-hydrogen) atoms. The van der Waals surface area contributed by atoms with Crippen LogP contribution in [-0.4, -0.2) is 31.8 Å². The van der Waals surface area contributed by atoms with Crippen LogP contribution in [0.2, 0.25) is 0 Å². The van der Waals surface area contributed by atoms with Crippen molar-refractivity contribution in [2.45, 2.75) is 12.8 Å². The summed E-state index contributed by atoms with van der Waals surface area (Å²) < 4.78 is 18.2. The SMILES string of the molecule is COc1ccc(N(C)C(=O)CCCO)cc1F. The van der Waals surface area contributed by atoms with Gasteiger partial charge in [-0.15, -0.1) is 0 Å². The molecule has 1 aromatic carbocycles. The Morgan fingerprint density at radius 2 is 2.24 bits per heavy atom. The maximum absolute atomic E-state index is 13.4. The fourth-order valence-corrected chi connectivity index (χ4v) is 1.41. The average molecular weight is 241 g/mol. The Labute approximate surface area is 99.6 Å². The molecule has 0 fully saturated rings. The van der Waals surface area contributed by atoms with Gasteiger partial charge in [-0.1, -0.05) is 0 Å². The molecule has 0 radical (unpaired) electrons. The van der Waals surface area contributed by atoms with E-state index >= 15 is 0 Å². The molecule has 0 aromatic heterocycles. The molecule has 0 spiro atoms. The van der Waals surface area contributed by atoms with Crippen molar-refractivity contribution in [2.24, 2.45) is 0 Å². The van der Waals surface area contributed by atoms with E-state index in [4.69, 9.17) is 9.84 Å². The lowest BCUT2D eigenvalue weighted by atomic mass is 10.2. The zero-order valence-corrected chi connectivity index (χ0v) is 9.94. The summed E-state index contributed by atoms with van der Waals surface area (Å²) in [5, 5.41) is 8.63. The van der Waals surface area contributed by atoms with Crippen LogP contribution in [0.1, 0.15) is 12.8 Å². The summed E-state index contributed by atoms with van der Waals surface area (Å²) in [4.78, 5) is 13.0. The van der Waals surface area contributed by atoms with E-state index in [1.54, 1.807) is 13.1 Å². The van der Waals surface area contributed by atoms with Gasteiger partial charge in [-0.2, -0.15) is 0 Å². The molecule has 0 aliphatic heterocycles. The summed E-state index contributed by atoms with van der Waals surface area (Å²) in [6.07, 6.45) is 0.641. The summed E-state index contributed by atoms with van der Waals surface area (Å²) >= 11 is 0. The minimum absolute atomic E-state index is 0.0312. The van der Waals surface area contributed by atoms with Crippen molar-refractivity contribution in [1.29, 1.82) is 0 Å². The topological polar surface area (TPSA) is 49.8 Å². The van der Waals surface area contributed by atoms with Crippen LogP contribution in [0.5, 0.6) is 5.75 Å². The number of aliphatic hydroxyl groups is 1. The molecule has 0 saturated heterocycles. The van der Waals surface area contributed by atoms with Crippen molar-refractivity contribution in [3.05, 3.63) is 24.0 Å². The zero-order valence-electron chi connectivity index (χ0n) is 9.94. The van der Waals surface area contributed by atoms with Crippen molar-refractivity contribution in [3.63, 3.8) is 0 Å². The van der Waals surface area contributed by atoms with Gasteiger partial charge in [0.25, 0.3) is 0 Å². The largest absolute Gasteiger partial charge is 0.494 e. The van der Waals surface area contributed by atoms with Gasteiger partial charge in [-0.3, -0.25) is 4.79 Å². The van der Waals surface area contributed by atoms with Crippen molar-refractivity contribution in [2.75, 3.05) is 25.7 Å². The summed E-state index contributed by atoms with van der Waals surface area (Å²) in [6, 6.07) is 4.33. The van der Waals surface area contributed by atoms with E-state index in [1.807, 2.05) is 0 Å². The minimum Gasteiger partial charge on any atom is -0.494 e. The van der Waals surface area contributed by atoms with Crippen molar-refractivity contribution in [1.82, 2.24) is 0 Å². The first kappa shape index (κ1) is 13.4. The summed E-state index contributed by atoms with van der Waals surface area (Å²) in [7, 11) is 2.95. The molecule has 1 N–H and O–H groups in total. The van der Waals surface area contributed by atoms with E-state index in [0.717, 1.165) is 0 Å². The van der Waals surface area contributed by atoms with Gasteiger partial charge in [0.15, 0.2) is 11.6 Å². The van der Waals surface area contributed by atoms with Crippen molar-refractivity contribution < 1.29 is 19.0 Å². The van der Waals surface area contributed by atoms with Gasteiger partial charge in [0.1, 0.15) is 0 Å². The number of ether oxygens (including phenoxy) is 1. The molecule has 0 aliphatic rings. The van der Waals surface area contributed by atoms with Gasteiger partial charge in [0.05, 0.1) is 7.11 Å². The highest BCUT2D eigenvalue weighted by Gasteiger charge is 2.12. The molecular weight excluding hydrogens is 225 g/mol. The Hall–Kier alpha value is -1.62. The third-order valence-electron chi connectivity index (χ3n) is 2.45. The lowest BCUT2D eigenvalue weighted by Crippen LogP contribution is -2.26. The second kappa shape index (κ2) is 6.20. The van der Waals surface area contributed by atoms with E-state index < -0.39 is 5.82 Å². The molecule has 0 bridgehead atoms. The number of carbonyl (C=O) groups excluding carboxylic acids is 1. The Bertz CT molecular complexity index is 395. The standard InChI is InChI=1S/C12H16FNO3/c1-14(12(16)4-3-7-15)9-5-6-11(17-2)10(13)8-9/h5-6,8,15H,3-4,7H2,1-2H3. The van der Waals surface area contributed by atoms with Crippen LogP contribution in [0.25, 0.3) is 0 Å². The summed E-state index contributed by atoms with van der Waals surface area (Å²) in [6.45, 7) is -0.0312. The third kappa shape index (κ3) is 3.42. The molecule has 1 rings (SSSR count). The van der Waals surface area contributed by atoms with E-state index in [2.05, 4.69) is 0 Å². The van der Waals surface area contributed by atoms with Crippen LogP contribution < -0.4 is 9.64 Å². The number of amides is 1. The zero-order chi connectivity index (χ0) is 12.8. The second-order valence-electron chi connectivity index (χ2n) is 3.60. The highest BCUT2D eigenvalue weighted by atomic mass is 19.1. The van der Waals surface area contributed by atoms with Gasteiger partial charge in [-0.05, 0) is 18.6 Å². The van der Waals surface area contributed by atoms with Crippen LogP contribution in [0.15, 0.2) is 18.2 Å². The monoisotopic (exact) mass is 241 g/mol. The lowest BCUT2D eigenvalue weighted by Gasteiger charge is -2.17. The first-order chi connectivity index (χ1) is 8.10. The smallest absolute Gasteiger partial charge is 0.226 e. The van der Waals surface area contributed by atoms with Gasteiger partial charge < -0.3 is 14.7 Å². The Balaban J connectivity index is 2.78. The number of nitrogens with zero attached hydrogens (tertiary/aromatic N) is 1. The summed E-state index contributed by atoms with van der Waals surface area (Å²) in [5.41, 5.74) is 0.464. The molecule has 0 heterocycles. The minimum atomic E-state index is -0.508. The van der Waals surface area contributed by atoms with E-state index in [0.29, 0.717) is 12.1 Å². The first-order valence-corrected chi connectivity index (χ1v) is 5.31. The lowest BCUT2D eigenvalue weighted by molar-refractivity contribution is -0.118. The number of anilines is 1. The average Bonchev–Trinajstić information content (AvgIpc) is 2.34. The fraction of sp³-hybridized carbons (Fsp3) is 0.417. The molecule has 0 saturated carbocycles. The van der Waals surface area contributed by atoms with Crippen molar-refractivity contribution >= 4 is 11.6 Å². The number of rotatable bonds is 5. The number of hydrogen-bond donors (Lipinski definition) is 1. The molecule has 4 nitrogen and oxygen atoms in total. The predicted molar refractivity (Wildman–Crippen MR) is 62.7 cm³/mol. The van der Waals surface area contributed by atoms with Crippen LogP contribution in [0, 0.1) is 5.82 Å². The molecule has 1 aromatic rings. The molecule has 0 atom stereocenters. The number of hydrogen-bond acceptors (Lipinski definition) is 3. The highest BCUT2D eigenvalue weighted by molar-refractivity contribution is 5.92.